The summed E-state index contributed by atoms with van der Waals surface area (Å²) >= 11 is 8.44. The van der Waals surface area contributed by atoms with E-state index >= 15 is 0 Å². The fourth-order valence-corrected chi connectivity index (χ4v) is 9.46. The minimum absolute atomic E-state index is 0.0544. The van der Waals surface area contributed by atoms with Gasteiger partial charge in [0.2, 0.25) is 10.0 Å². The van der Waals surface area contributed by atoms with Gasteiger partial charge in [-0.3, -0.25) is 0 Å². The SMILES string of the molecule is CN1[C@H](C2CCCCC2)CN(c2ccccc2)c2cc(OCc3ccsc3Cl)c(-c3cc(F)c(C(=O)O)s3)cc2S1(=O)=O. The van der Waals surface area contributed by atoms with Gasteiger partial charge in [0.15, 0.2) is 0 Å². The molecule has 2 aromatic carbocycles. The highest BCUT2D eigenvalue weighted by molar-refractivity contribution is 7.89. The molecule has 4 aromatic rings. The molecule has 3 heterocycles. The zero-order valence-corrected chi connectivity index (χ0v) is 26.5. The van der Waals surface area contributed by atoms with Crippen LogP contribution in [0.3, 0.4) is 0 Å². The molecule has 1 aliphatic heterocycles. The third kappa shape index (κ3) is 5.81. The molecule has 0 spiro atoms. The molecular weight excluding hydrogens is 631 g/mol. The van der Waals surface area contributed by atoms with E-state index in [0.717, 1.165) is 60.8 Å². The molecule has 1 aliphatic carbocycles. The van der Waals surface area contributed by atoms with Crippen LogP contribution in [0.2, 0.25) is 4.34 Å². The largest absolute Gasteiger partial charge is 0.488 e. The van der Waals surface area contributed by atoms with E-state index < -0.39 is 26.7 Å². The van der Waals surface area contributed by atoms with E-state index in [0.29, 0.717) is 27.9 Å². The predicted octanol–water partition coefficient (Wildman–Crippen LogP) is 8.27. The van der Waals surface area contributed by atoms with E-state index in [9.17, 15) is 22.7 Å². The number of carboxylic acid groups (broad SMARTS) is 1. The third-order valence-corrected chi connectivity index (χ3v) is 12.6. The number of halogens is 2. The Kier molecular flexibility index (Phi) is 8.54. The van der Waals surface area contributed by atoms with Crippen molar-refractivity contribution < 1.29 is 27.4 Å². The molecule has 12 heteroatoms. The first-order chi connectivity index (χ1) is 20.6. The van der Waals surface area contributed by atoms with Crippen LogP contribution in [0.5, 0.6) is 5.75 Å². The Balaban J connectivity index is 1.56. The second-order valence-corrected chi connectivity index (χ2v) is 15.4. The van der Waals surface area contributed by atoms with Gasteiger partial charge in [0.05, 0.1) is 10.0 Å². The van der Waals surface area contributed by atoms with Gasteiger partial charge in [0.25, 0.3) is 0 Å². The summed E-state index contributed by atoms with van der Waals surface area (Å²) in [7, 11) is -2.38. The normalized spacial score (nSPS) is 19.1. The number of carbonyl (C=O) groups is 1. The molecule has 2 aliphatic rings. The molecule has 0 radical (unpaired) electrons. The molecule has 1 atom stereocenters. The van der Waals surface area contributed by atoms with Crippen LogP contribution in [-0.2, 0) is 16.6 Å². The van der Waals surface area contributed by atoms with E-state index in [2.05, 4.69) is 0 Å². The second kappa shape index (κ2) is 12.2. The van der Waals surface area contributed by atoms with E-state index in [1.165, 1.54) is 21.7 Å². The number of likely N-dealkylation sites (N-methyl/N-ethyl adjacent to an activating group) is 1. The van der Waals surface area contributed by atoms with E-state index in [1.807, 2.05) is 46.7 Å². The number of nitrogens with zero attached hydrogens (tertiary/aromatic N) is 2. The lowest BCUT2D eigenvalue weighted by Crippen LogP contribution is -2.46. The summed E-state index contributed by atoms with van der Waals surface area (Å²) in [6.45, 7) is 0.541. The van der Waals surface area contributed by atoms with Gasteiger partial charge < -0.3 is 14.7 Å². The van der Waals surface area contributed by atoms with Crippen LogP contribution in [0.15, 0.2) is 64.9 Å². The predicted molar refractivity (Wildman–Crippen MR) is 169 cm³/mol. The summed E-state index contributed by atoms with van der Waals surface area (Å²) in [6.07, 6.45) is 5.19. The van der Waals surface area contributed by atoms with Crippen molar-refractivity contribution in [1.82, 2.24) is 4.31 Å². The molecule has 226 valence electrons. The lowest BCUT2D eigenvalue weighted by atomic mass is 9.83. The molecule has 0 amide bonds. The lowest BCUT2D eigenvalue weighted by molar-refractivity contribution is 0.0697. The second-order valence-electron chi connectivity index (χ2n) is 10.9. The van der Waals surface area contributed by atoms with Crippen molar-refractivity contribution in [2.75, 3.05) is 18.5 Å². The fraction of sp³-hybridized carbons (Fsp3) is 0.323. The quantitative estimate of drug-likeness (QED) is 0.215. The van der Waals surface area contributed by atoms with Crippen molar-refractivity contribution in [1.29, 1.82) is 0 Å². The number of fused-ring (bicyclic) bond motifs is 1. The number of hydrogen-bond acceptors (Lipinski definition) is 7. The highest BCUT2D eigenvalue weighted by Gasteiger charge is 2.41. The molecule has 0 bridgehead atoms. The average Bonchev–Trinajstić information content (AvgIpc) is 3.59. The summed E-state index contributed by atoms with van der Waals surface area (Å²) in [5.74, 6) is -1.78. The summed E-state index contributed by atoms with van der Waals surface area (Å²) < 4.78 is 51.9. The Hall–Kier alpha value is -2.96. The number of thiophene rings is 2. The molecule has 0 saturated heterocycles. The van der Waals surface area contributed by atoms with Gasteiger partial charge in [0, 0.05) is 47.4 Å². The first-order valence-electron chi connectivity index (χ1n) is 14.0. The van der Waals surface area contributed by atoms with Gasteiger partial charge in [-0.05, 0) is 54.5 Å². The van der Waals surface area contributed by atoms with Gasteiger partial charge in [0.1, 0.15) is 27.9 Å². The Morgan fingerprint density at radius 1 is 1.12 bits per heavy atom. The summed E-state index contributed by atoms with van der Waals surface area (Å²) in [5.41, 5.74) is 2.33. The van der Waals surface area contributed by atoms with Crippen LogP contribution in [0.4, 0.5) is 15.8 Å². The van der Waals surface area contributed by atoms with E-state index in [1.54, 1.807) is 13.1 Å². The number of para-hydroxylation sites is 1. The van der Waals surface area contributed by atoms with Gasteiger partial charge in [-0.2, -0.15) is 4.31 Å². The zero-order chi connectivity index (χ0) is 30.3. The fourth-order valence-electron chi connectivity index (χ4n) is 6.05. The lowest BCUT2D eigenvalue weighted by Gasteiger charge is -2.36. The number of hydrogen-bond donors (Lipinski definition) is 1. The van der Waals surface area contributed by atoms with Crippen LogP contribution < -0.4 is 9.64 Å². The number of aromatic carboxylic acids is 1. The van der Waals surface area contributed by atoms with Gasteiger partial charge in [-0.25, -0.2) is 17.6 Å². The Labute approximate surface area is 263 Å². The number of ether oxygens (including phenoxy) is 1. The average molecular weight is 661 g/mol. The number of sulfonamides is 1. The van der Waals surface area contributed by atoms with Crippen LogP contribution >= 0.6 is 34.3 Å². The van der Waals surface area contributed by atoms with Crippen molar-refractivity contribution >= 4 is 61.6 Å². The topological polar surface area (TPSA) is 87.2 Å². The highest BCUT2D eigenvalue weighted by atomic mass is 35.5. The molecule has 7 nitrogen and oxygen atoms in total. The van der Waals surface area contributed by atoms with Crippen LogP contribution in [-0.4, -0.2) is 43.4 Å². The molecule has 2 aromatic heterocycles. The first-order valence-corrected chi connectivity index (χ1v) is 17.5. The minimum atomic E-state index is -4.02. The van der Waals surface area contributed by atoms with E-state index in [-0.39, 0.29) is 28.3 Å². The standard InChI is InChI=1S/C31H30ClFN2O5S3/c1-34-25(19-8-4-2-5-9-19)17-35(21-10-6-3-7-11-21)24-16-26(40-18-20-12-13-41-30(20)32)22(14-28(24)43(34,38)39)27-15-23(33)29(42-27)31(36)37/h3,6-7,10-16,19,25H,2,4-5,8-9,17-18H2,1H3,(H,36,37)/t25-/m0/s1. The van der Waals surface area contributed by atoms with Crippen molar-refractivity contribution in [3.63, 3.8) is 0 Å². The molecule has 1 fully saturated rings. The van der Waals surface area contributed by atoms with Crippen LogP contribution in [0.25, 0.3) is 10.4 Å². The Morgan fingerprint density at radius 3 is 2.51 bits per heavy atom. The molecule has 43 heavy (non-hydrogen) atoms. The molecule has 6 rings (SSSR count). The number of carboxylic acids is 1. The van der Waals surface area contributed by atoms with Gasteiger partial charge in [-0.1, -0.05) is 49.1 Å². The van der Waals surface area contributed by atoms with Gasteiger partial charge >= 0.3 is 5.97 Å². The van der Waals surface area contributed by atoms with Crippen molar-refractivity contribution in [2.45, 2.75) is 49.6 Å². The maximum atomic E-state index is 14.7. The smallest absolute Gasteiger partial charge is 0.348 e. The Bertz CT molecular complexity index is 1750. The Morgan fingerprint density at radius 2 is 1.86 bits per heavy atom. The van der Waals surface area contributed by atoms with Crippen molar-refractivity contribution in [3.05, 3.63) is 80.6 Å². The zero-order valence-electron chi connectivity index (χ0n) is 23.3. The monoisotopic (exact) mass is 660 g/mol. The summed E-state index contributed by atoms with van der Waals surface area (Å²) in [6, 6.07) is 15.5. The van der Waals surface area contributed by atoms with Crippen molar-refractivity contribution in [2.24, 2.45) is 5.92 Å². The van der Waals surface area contributed by atoms with Gasteiger partial charge in [-0.15, -0.1) is 22.7 Å². The molecule has 0 unspecified atom stereocenters. The summed E-state index contributed by atoms with van der Waals surface area (Å²) in [5, 5.41) is 11.4. The van der Waals surface area contributed by atoms with Crippen LogP contribution in [0.1, 0.15) is 47.3 Å². The molecular formula is C31H30ClFN2O5S3. The number of anilines is 2. The minimum Gasteiger partial charge on any atom is -0.488 e. The number of rotatable bonds is 7. The molecule has 1 saturated carbocycles. The maximum absolute atomic E-state index is 14.7. The number of benzene rings is 2. The highest BCUT2D eigenvalue weighted by Crippen LogP contribution is 2.47. The van der Waals surface area contributed by atoms with Crippen LogP contribution in [0, 0.1) is 11.7 Å². The first kappa shape index (κ1) is 30.1. The maximum Gasteiger partial charge on any atom is 0.348 e. The summed E-state index contributed by atoms with van der Waals surface area (Å²) in [4.78, 5) is 13.6. The third-order valence-electron chi connectivity index (χ3n) is 8.33. The van der Waals surface area contributed by atoms with E-state index in [4.69, 9.17) is 16.3 Å². The molecule has 1 N–H and O–H groups in total. The van der Waals surface area contributed by atoms with Crippen molar-refractivity contribution in [3.8, 4) is 16.2 Å².